The number of nitrogens with zero attached hydrogens (tertiary/aromatic N) is 5. The van der Waals surface area contributed by atoms with E-state index in [1.54, 1.807) is 19.4 Å². The molecular formula is C25H29N5O2. The Morgan fingerprint density at radius 1 is 1.38 bits per heavy atom. The molecule has 0 bridgehead atoms. The molecule has 1 unspecified atom stereocenters. The molecule has 0 N–H and O–H groups in total. The first kappa shape index (κ1) is 22.0. The van der Waals surface area contributed by atoms with Gasteiger partial charge in [0.1, 0.15) is 11.9 Å². The lowest BCUT2D eigenvalue weighted by atomic mass is 9.99. The molecule has 1 aliphatic carbocycles. The number of anilines is 1. The van der Waals surface area contributed by atoms with Gasteiger partial charge in [-0.25, -0.2) is 4.98 Å². The van der Waals surface area contributed by atoms with Gasteiger partial charge in [-0.05, 0) is 49.6 Å². The van der Waals surface area contributed by atoms with Gasteiger partial charge in [-0.3, -0.25) is 9.78 Å². The minimum atomic E-state index is 0.0425. The average molecular weight is 432 g/mol. The summed E-state index contributed by atoms with van der Waals surface area (Å²) < 4.78 is 5.05. The number of methoxy groups -OCH3 is 1. The number of carbonyl (C=O) groups is 1. The van der Waals surface area contributed by atoms with Crippen LogP contribution in [0.5, 0.6) is 0 Å². The number of carbonyl (C=O) groups excluding carboxylic acids is 1. The number of nitriles is 1. The van der Waals surface area contributed by atoms with Gasteiger partial charge < -0.3 is 14.5 Å². The molecule has 2 aliphatic rings. The summed E-state index contributed by atoms with van der Waals surface area (Å²) in [6.45, 7) is 8.22. The molecular weight excluding hydrogens is 402 g/mol. The van der Waals surface area contributed by atoms with Crippen LogP contribution in [0.15, 0.2) is 31.0 Å². The Morgan fingerprint density at radius 2 is 2.19 bits per heavy atom. The van der Waals surface area contributed by atoms with Gasteiger partial charge in [-0.2, -0.15) is 5.26 Å². The van der Waals surface area contributed by atoms with E-state index in [1.165, 1.54) is 0 Å². The topological polar surface area (TPSA) is 82.4 Å². The normalized spacial score (nSPS) is 18.3. The highest BCUT2D eigenvalue weighted by atomic mass is 16.5. The second-order valence-electron chi connectivity index (χ2n) is 8.48. The summed E-state index contributed by atoms with van der Waals surface area (Å²) in [6, 6.07) is 8.32. The number of ether oxygens (including phenoxy) is 1. The van der Waals surface area contributed by atoms with Crippen LogP contribution in [-0.2, 0) is 9.53 Å². The summed E-state index contributed by atoms with van der Waals surface area (Å²) in [4.78, 5) is 25.9. The van der Waals surface area contributed by atoms with Crippen LogP contribution in [0, 0.1) is 11.3 Å². The second kappa shape index (κ2) is 9.49. The van der Waals surface area contributed by atoms with Crippen molar-refractivity contribution in [2.45, 2.75) is 38.1 Å². The number of rotatable bonds is 7. The second-order valence-corrected chi connectivity index (χ2v) is 8.48. The van der Waals surface area contributed by atoms with Crippen molar-refractivity contribution in [2.24, 2.45) is 0 Å². The van der Waals surface area contributed by atoms with E-state index in [2.05, 4.69) is 22.5 Å². The maximum Gasteiger partial charge on any atom is 0.225 e. The van der Waals surface area contributed by atoms with E-state index >= 15 is 0 Å². The Labute approximate surface area is 189 Å². The quantitative estimate of drug-likeness (QED) is 0.666. The Bertz CT molecular complexity index is 1060. The smallest absolute Gasteiger partial charge is 0.225 e. The van der Waals surface area contributed by atoms with Gasteiger partial charge in [-0.1, -0.05) is 6.58 Å². The summed E-state index contributed by atoms with van der Waals surface area (Å²) in [5.74, 6) is 1.26. The minimum absolute atomic E-state index is 0.0425. The van der Waals surface area contributed by atoms with Gasteiger partial charge >= 0.3 is 0 Å². The molecule has 3 heterocycles. The fourth-order valence-electron chi connectivity index (χ4n) is 4.32. The van der Waals surface area contributed by atoms with Crippen LogP contribution in [0.1, 0.15) is 49.1 Å². The zero-order valence-electron chi connectivity index (χ0n) is 18.8. The van der Waals surface area contributed by atoms with Crippen molar-refractivity contribution in [3.8, 4) is 17.2 Å². The van der Waals surface area contributed by atoms with Crippen LogP contribution in [0.4, 0.5) is 5.82 Å². The van der Waals surface area contributed by atoms with Gasteiger partial charge in [-0.15, -0.1) is 0 Å². The van der Waals surface area contributed by atoms with Crippen molar-refractivity contribution in [1.29, 1.82) is 5.26 Å². The lowest BCUT2D eigenvalue weighted by Gasteiger charge is -2.41. The molecule has 7 heteroatoms. The van der Waals surface area contributed by atoms with Gasteiger partial charge in [0.05, 0.1) is 30.0 Å². The van der Waals surface area contributed by atoms with Gasteiger partial charge in [0.2, 0.25) is 5.91 Å². The molecule has 2 aromatic heterocycles. The van der Waals surface area contributed by atoms with Crippen molar-refractivity contribution >= 4 is 17.8 Å². The zero-order chi connectivity index (χ0) is 22.7. The molecule has 1 amide bonds. The molecule has 1 atom stereocenters. The Hall–Kier alpha value is -3.24. The zero-order valence-corrected chi connectivity index (χ0v) is 18.8. The van der Waals surface area contributed by atoms with E-state index in [4.69, 9.17) is 9.72 Å². The lowest BCUT2D eigenvalue weighted by molar-refractivity contribution is -0.134. The highest BCUT2D eigenvalue weighted by Crippen LogP contribution is 2.45. The predicted octanol–water partition coefficient (Wildman–Crippen LogP) is 3.61. The highest BCUT2D eigenvalue weighted by Gasteiger charge is 2.33. The molecule has 0 radical (unpaired) electrons. The van der Waals surface area contributed by atoms with Crippen LogP contribution < -0.4 is 4.90 Å². The van der Waals surface area contributed by atoms with E-state index in [0.717, 1.165) is 41.2 Å². The van der Waals surface area contributed by atoms with E-state index in [0.29, 0.717) is 44.1 Å². The number of hydrogen-bond acceptors (Lipinski definition) is 6. The van der Waals surface area contributed by atoms with Crippen LogP contribution in [0.25, 0.3) is 17.2 Å². The third-order valence-corrected chi connectivity index (χ3v) is 6.19. The fourth-order valence-corrected chi connectivity index (χ4v) is 4.32. The van der Waals surface area contributed by atoms with Crippen LogP contribution in [0.3, 0.4) is 0 Å². The molecule has 7 nitrogen and oxygen atoms in total. The third-order valence-electron chi connectivity index (χ3n) is 6.19. The van der Waals surface area contributed by atoms with E-state index in [1.807, 2.05) is 30.0 Å². The highest BCUT2D eigenvalue weighted by molar-refractivity contribution is 5.77. The maximum atomic E-state index is 12.5. The van der Waals surface area contributed by atoms with Crippen molar-refractivity contribution in [2.75, 3.05) is 38.3 Å². The molecule has 1 saturated carbocycles. The average Bonchev–Trinajstić information content (AvgIpc) is 3.67. The van der Waals surface area contributed by atoms with E-state index in [9.17, 15) is 10.1 Å². The van der Waals surface area contributed by atoms with Gasteiger partial charge in [0.15, 0.2) is 0 Å². The first-order valence-electron chi connectivity index (χ1n) is 11.1. The molecule has 4 rings (SSSR count). The monoisotopic (exact) mass is 431 g/mol. The Kier molecular flexibility index (Phi) is 6.52. The summed E-state index contributed by atoms with van der Waals surface area (Å²) >= 11 is 0. The van der Waals surface area contributed by atoms with Gasteiger partial charge in [0, 0.05) is 50.5 Å². The number of hydrogen-bond donors (Lipinski definition) is 0. The number of aromatic nitrogens is 2. The summed E-state index contributed by atoms with van der Waals surface area (Å²) in [5, 5.41) is 9.95. The SMILES string of the molecule is C=Cc1cc(-c2cc(C#N)c(N3CCN(C(=O)CCOC)C(C)C3)nc2C2CC2)ccn1. The molecule has 2 fully saturated rings. The maximum absolute atomic E-state index is 12.5. The van der Waals surface area contributed by atoms with Crippen LogP contribution >= 0.6 is 0 Å². The molecule has 2 aromatic rings. The minimum Gasteiger partial charge on any atom is -0.384 e. The molecule has 0 spiro atoms. The molecule has 0 aromatic carbocycles. The van der Waals surface area contributed by atoms with Crippen molar-refractivity contribution in [3.05, 3.63) is 47.9 Å². The van der Waals surface area contributed by atoms with Crippen LogP contribution in [0.2, 0.25) is 0 Å². The standard InChI is InChI=1S/C25H29N5O2/c1-4-21-13-19(7-9-27-21)22-14-20(15-26)25(28-24(22)18-5-6-18)29-10-11-30(17(2)16-29)23(31)8-12-32-3/h4,7,9,13-14,17-18H,1,5-6,8,10-12,16H2,2-3H3. The summed E-state index contributed by atoms with van der Waals surface area (Å²) in [6.07, 6.45) is 6.11. The largest absolute Gasteiger partial charge is 0.384 e. The lowest BCUT2D eigenvalue weighted by Crippen LogP contribution is -2.54. The van der Waals surface area contributed by atoms with E-state index < -0.39 is 0 Å². The molecule has 32 heavy (non-hydrogen) atoms. The first-order chi connectivity index (χ1) is 15.5. The summed E-state index contributed by atoms with van der Waals surface area (Å²) in [7, 11) is 1.61. The van der Waals surface area contributed by atoms with Crippen molar-refractivity contribution in [3.63, 3.8) is 0 Å². The Morgan fingerprint density at radius 3 is 2.84 bits per heavy atom. The van der Waals surface area contributed by atoms with Gasteiger partial charge in [0.25, 0.3) is 0 Å². The number of piperazine rings is 1. The van der Waals surface area contributed by atoms with Crippen molar-refractivity contribution in [1.82, 2.24) is 14.9 Å². The predicted molar refractivity (Wildman–Crippen MR) is 124 cm³/mol. The number of pyridine rings is 2. The summed E-state index contributed by atoms with van der Waals surface area (Å²) in [5.41, 5.74) is 4.42. The fraction of sp³-hybridized carbons (Fsp3) is 0.440. The molecule has 1 aliphatic heterocycles. The molecule has 1 saturated heterocycles. The van der Waals surface area contributed by atoms with Crippen LogP contribution in [-0.4, -0.2) is 60.2 Å². The molecule has 166 valence electrons. The third kappa shape index (κ3) is 4.51. The van der Waals surface area contributed by atoms with Crippen molar-refractivity contribution < 1.29 is 9.53 Å². The Balaban J connectivity index is 1.64. The number of amides is 1. The van der Waals surface area contributed by atoms with E-state index in [-0.39, 0.29) is 11.9 Å². The first-order valence-corrected chi connectivity index (χ1v) is 11.1.